The quantitative estimate of drug-likeness (QED) is 0.128. The van der Waals surface area contributed by atoms with Crippen LogP contribution in [-0.4, -0.2) is 0 Å². The molecule has 13 rings (SSSR count). The minimum atomic E-state index is 1.23. The van der Waals surface area contributed by atoms with E-state index < -0.39 is 0 Å². The van der Waals surface area contributed by atoms with Crippen LogP contribution in [0.15, 0.2) is 176 Å². The normalized spacial score (nSPS) is 12.5. The molecule has 2 aliphatic carbocycles. The maximum atomic E-state index is 2.45. The lowest BCUT2D eigenvalue weighted by Gasteiger charge is -2.22. The molecular weight excluding hydrogens is 661 g/mol. The third-order valence-electron chi connectivity index (χ3n) is 12.8. The van der Waals surface area contributed by atoms with Crippen molar-refractivity contribution in [3.05, 3.63) is 181 Å². The van der Waals surface area contributed by atoms with Crippen molar-refractivity contribution in [2.45, 2.75) is 6.92 Å². The van der Waals surface area contributed by atoms with E-state index in [0.717, 1.165) is 0 Å². The fourth-order valence-corrected chi connectivity index (χ4v) is 10.6. The molecule has 0 heterocycles. The van der Waals surface area contributed by atoms with E-state index in [2.05, 4.69) is 183 Å². The summed E-state index contributed by atoms with van der Waals surface area (Å²) in [6.45, 7) is 2.21. The molecule has 0 saturated carbocycles. The van der Waals surface area contributed by atoms with Gasteiger partial charge in [-0.25, -0.2) is 0 Å². The van der Waals surface area contributed by atoms with Crippen molar-refractivity contribution in [3.63, 3.8) is 0 Å². The standard InChI is InChI=1S/C55H32/c1-31-12-11-15-33(30-31)48-38-20-9-10-21-39(38)52(37-19-8-5-16-34(37)32-13-3-2-4-14-32)55-47-29-27-45-43-25-23-41-36-18-7-6-17-35(36)40-22-24-42(50(43)49(40)41)44-26-28-46(54(48)55)53(47)51(44)45/h2-30H,1H3. The van der Waals surface area contributed by atoms with Crippen LogP contribution < -0.4 is 0 Å². The number of rotatable bonds is 3. The van der Waals surface area contributed by atoms with Gasteiger partial charge in [0.2, 0.25) is 0 Å². The van der Waals surface area contributed by atoms with Gasteiger partial charge in [-0.05, 0) is 139 Å². The van der Waals surface area contributed by atoms with Crippen molar-refractivity contribution >= 4 is 53.9 Å². The Hall–Kier alpha value is -7.02. The molecule has 0 aromatic heterocycles. The maximum absolute atomic E-state index is 2.45. The molecule has 252 valence electrons. The Morgan fingerprint density at radius 1 is 0.236 bits per heavy atom. The Morgan fingerprint density at radius 3 is 1.29 bits per heavy atom. The number of hydrogen-bond donors (Lipinski definition) is 0. The first kappa shape index (κ1) is 29.4. The van der Waals surface area contributed by atoms with Gasteiger partial charge in [-0.2, -0.15) is 0 Å². The van der Waals surface area contributed by atoms with E-state index in [1.165, 1.54) is 137 Å². The molecule has 0 atom stereocenters. The molecule has 0 fully saturated rings. The van der Waals surface area contributed by atoms with Gasteiger partial charge in [-0.1, -0.05) is 181 Å². The highest BCUT2D eigenvalue weighted by molar-refractivity contribution is 6.41. The molecule has 11 aromatic rings. The second-order valence-corrected chi connectivity index (χ2v) is 15.5. The Labute approximate surface area is 318 Å². The summed E-state index contributed by atoms with van der Waals surface area (Å²) in [6, 6.07) is 66.4. The molecule has 0 N–H and O–H groups in total. The summed E-state index contributed by atoms with van der Waals surface area (Å²) in [5.41, 5.74) is 19.6. The van der Waals surface area contributed by atoms with Gasteiger partial charge in [0.15, 0.2) is 0 Å². The monoisotopic (exact) mass is 692 g/mol. The van der Waals surface area contributed by atoms with Crippen molar-refractivity contribution in [1.82, 2.24) is 0 Å². The SMILES string of the molecule is Cc1cccc(-c2c3c(c(-c4ccccc4-c4ccccc4)c4ccccc24)-c2ccc4c5ccc6c7c(ccc(c8ccc-3c2c84)c75)-c2ccccc2-6)c1. The summed E-state index contributed by atoms with van der Waals surface area (Å²) in [6.07, 6.45) is 0. The van der Waals surface area contributed by atoms with Gasteiger partial charge in [-0.3, -0.25) is 0 Å². The molecular formula is C55H32. The zero-order chi connectivity index (χ0) is 35.9. The smallest absolute Gasteiger partial charge is 0.000718 e. The van der Waals surface area contributed by atoms with E-state index in [-0.39, 0.29) is 0 Å². The van der Waals surface area contributed by atoms with Gasteiger partial charge in [0, 0.05) is 0 Å². The zero-order valence-electron chi connectivity index (χ0n) is 30.2. The van der Waals surface area contributed by atoms with Crippen molar-refractivity contribution in [1.29, 1.82) is 0 Å². The average Bonchev–Trinajstić information content (AvgIpc) is 3.75. The van der Waals surface area contributed by atoms with Gasteiger partial charge in [0.05, 0.1) is 0 Å². The Kier molecular flexibility index (Phi) is 5.65. The minimum Gasteiger partial charge on any atom is -0.0622 e. The highest BCUT2D eigenvalue weighted by atomic mass is 14.4. The van der Waals surface area contributed by atoms with Crippen LogP contribution in [0.3, 0.4) is 0 Å². The molecule has 0 amide bonds. The van der Waals surface area contributed by atoms with Crippen molar-refractivity contribution < 1.29 is 0 Å². The van der Waals surface area contributed by atoms with E-state index in [0.29, 0.717) is 0 Å². The second-order valence-electron chi connectivity index (χ2n) is 15.5. The fourth-order valence-electron chi connectivity index (χ4n) is 10.6. The first-order valence-electron chi connectivity index (χ1n) is 19.4. The van der Waals surface area contributed by atoms with E-state index in [9.17, 15) is 0 Å². The molecule has 0 spiro atoms. The zero-order valence-corrected chi connectivity index (χ0v) is 30.2. The van der Waals surface area contributed by atoms with Crippen molar-refractivity contribution in [2.75, 3.05) is 0 Å². The van der Waals surface area contributed by atoms with Gasteiger partial charge >= 0.3 is 0 Å². The molecule has 0 bridgehead atoms. The summed E-state index contributed by atoms with van der Waals surface area (Å²) in [4.78, 5) is 0. The molecule has 0 heteroatoms. The van der Waals surface area contributed by atoms with Crippen LogP contribution in [-0.2, 0) is 0 Å². The summed E-state index contributed by atoms with van der Waals surface area (Å²) in [7, 11) is 0. The average molecular weight is 693 g/mol. The van der Waals surface area contributed by atoms with Crippen LogP contribution in [0.4, 0.5) is 0 Å². The van der Waals surface area contributed by atoms with E-state index in [1.807, 2.05) is 0 Å². The predicted molar refractivity (Wildman–Crippen MR) is 235 cm³/mol. The van der Waals surface area contributed by atoms with Gasteiger partial charge in [0.25, 0.3) is 0 Å². The highest BCUT2D eigenvalue weighted by Crippen LogP contribution is 2.61. The van der Waals surface area contributed by atoms with E-state index in [4.69, 9.17) is 0 Å². The van der Waals surface area contributed by atoms with Crippen LogP contribution in [0.25, 0.3) is 132 Å². The molecule has 2 aliphatic rings. The van der Waals surface area contributed by atoms with Crippen LogP contribution in [0.5, 0.6) is 0 Å². The van der Waals surface area contributed by atoms with E-state index in [1.54, 1.807) is 0 Å². The third-order valence-corrected chi connectivity index (χ3v) is 12.8. The Morgan fingerprint density at radius 2 is 0.691 bits per heavy atom. The predicted octanol–water partition coefficient (Wildman–Crippen LogP) is 15.5. The van der Waals surface area contributed by atoms with E-state index >= 15 is 0 Å². The molecule has 0 unspecified atom stereocenters. The summed E-state index contributed by atoms with van der Waals surface area (Å²) < 4.78 is 0. The Bertz CT molecular complexity index is 3400. The first-order chi connectivity index (χ1) is 27.2. The lowest BCUT2D eigenvalue weighted by molar-refractivity contribution is 1.47. The van der Waals surface area contributed by atoms with Crippen molar-refractivity contribution in [2.24, 2.45) is 0 Å². The highest BCUT2D eigenvalue weighted by Gasteiger charge is 2.33. The summed E-state index contributed by atoms with van der Waals surface area (Å²) in [5, 5.41) is 13.5. The second kappa shape index (κ2) is 10.6. The lowest BCUT2D eigenvalue weighted by Crippen LogP contribution is -1.95. The number of benzene rings is 11. The topological polar surface area (TPSA) is 0 Å². The molecule has 0 radical (unpaired) electrons. The summed E-state index contributed by atoms with van der Waals surface area (Å²) in [5.74, 6) is 0. The van der Waals surface area contributed by atoms with Crippen LogP contribution in [0.1, 0.15) is 5.56 Å². The molecule has 11 aromatic carbocycles. The van der Waals surface area contributed by atoms with Gasteiger partial charge < -0.3 is 0 Å². The first-order valence-corrected chi connectivity index (χ1v) is 19.4. The molecule has 0 saturated heterocycles. The summed E-state index contributed by atoms with van der Waals surface area (Å²) >= 11 is 0. The molecule has 0 nitrogen and oxygen atoms in total. The van der Waals surface area contributed by atoms with Gasteiger partial charge in [-0.15, -0.1) is 0 Å². The van der Waals surface area contributed by atoms with Crippen LogP contribution >= 0.6 is 0 Å². The van der Waals surface area contributed by atoms with Crippen LogP contribution in [0, 0.1) is 6.92 Å². The van der Waals surface area contributed by atoms with Gasteiger partial charge in [0.1, 0.15) is 0 Å². The maximum Gasteiger partial charge on any atom is -0.000718 e. The molecule has 0 aliphatic heterocycles. The largest absolute Gasteiger partial charge is 0.0622 e. The Balaban J connectivity index is 1.22. The number of fused-ring (bicyclic) bond motifs is 9. The van der Waals surface area contributed by atoms with Crippen molar-refractivity contribution in [3.8, 4) is 77.9 Å². The lowest BCUT2D eigenvalue weighted by atomic mass is 9.81. The van der Waals surface area contributed by atoms with Crippen LogP contribution in [0.2, 0.25) is 0 Å². The third kappa shape index (κ3) is 3.71. The molecule has 55 heavy (non-hydrogen) atoms. The number of aryl methyl sites for hydroxylation is 1. The number of hydrogen-bond acceptors (Lipinski definition) is 0. The minimum absolute atomic E-state index is 1.23. The fraction of sp³-hybridized carbons (Fsp3) is 0.0182.